The summed E-state index contributed by atoms with van der Waals surface area (Å²) in [7, 11) is 0. The molecular weight excluding hydrogens is 295 g/mol. The van der Waals surface area contributed by atoms with E-state index in [1.165, 1.54) is 6.07 Å². The molecule has 0 atom stereocenters. The summed E-state index contributed by atoms with van der Waals surface area (Å²) in [6.07, 6.45) is 0. The minimum Gasteiger partial charge on any atom is -0.384 e. The molecule has 0 radical (unpaired) electrons. The van der Waals surface area contributed by atoms with E-state index in [0.29, 0.717) is 16.9 Å². The van der Waals surface area contributed by atoms with Crippen molar-refractivity contribution in [1.82, 2.24) is 0 Å². The van der Waals surface area contributed by atoms with Crippen LogP contribution in [0.2, 0.25) is 5.02 Å². The monoisotopic (exact) mass is 308 g/mol. The molecule has 2 aromatic rings. The number of nitrogens with two attached hydrogens (primary N) is 1. The second kappa shape index (κ2) is 6.77. The van der Waals surface area contributed by atoms with Crippen molar-refractivity contribution in [2.75, 3.05) is 0 Å². The summed E-state index contributed by atoms with van der Waals surface area (Å²) < 4.78 is 13.8. The SMILES string of the molecule is N=C(N)c1ccc(CSCc2ccccc2Cl)c(F)c1. The zero-order valence-corrected chi connectivity index (χ0v) is 12.3. The Hall–Kier alpha value is -1.52. The Morgan fingerprint density at radius 1 is 1.15 bits per heavy atom. The Bertz CT molecular complexity index is 631. The maximum atomic E-state index is 13.8. The van der Waals surface area contributed by atoms with Gasteiger partial charge in [0, 0.05) is 22.1 Å². The van der Waals surface area contributed by atoms with Crippen LogP contribution in [-0.2, 0) is 11.5 Å². The minimum atomic E-state index is -0.329. The standard InChI is InChI=1S/C15H14ClFN2S/c16-13-4-2-1-3-11(13)8-20-9-12-6-5-10(15(18)19)7-14(12)17/h1-7H,8-9H2,(H3,18,19). The third-order valence-electron chi connectivity index (χ3n) is 2.84. The summed E-state index contributed by atoms with van der Waals surface area (Å²) in [4.78, 5) is 0. The molecular formula is C15H14ClFN2S. The molecule has 0 aromatic heterocycles. The van der Waals surface area contributed by atoms with Crippen LogP contribution in [0.5, 0.6) is 0 Å². The molecule has 0 fully saturated rings. The molecule has 104 valence electrons. The molecule has 0 aliphatic rings. The van der Waals surface area contributed by atoms with Gasteiger partial charge in [-0.15, -0.1) is 0 Å². The van der Waals surface area contributed by atoms with Crippen molar-refractivity contribution >= 4 is 29.2 Å². The molecule has 0 heterocycles. The van der Waals surface area contributed by atoms with Crippen molar-refractivity contribution in [2.45, 2.75) is 11.5 Å². The molecule has 0 spiro atoms. The van der Waals surface area contributed by atoms with Crippen LogP contribution in [0.25, 0.3) is 0 Å². The predicted octanol–water partition coefficient (Wildman–Crippen LogP) is 4.20. The normalized spacial score (nSPS) is 10.5. The minimum absolute atomic E-state index is 0.126. The highest BCUT2D eigenvalue weighted by atomic mass is 35.5. The van der Waals surface area contributed by atoms with Gasteiger partial charge in [0.2, 0.25) is 0 Å². The average molecular weight is 309 g/mol. The third kappa shape index (κ3) is 3.74. The molecule has 3 N–H and O–H groups in total. The van der Waals surface area contributed by atoms with Gasteiger partial charge in [-0.25, -0.2) is 4.39 Å². The lowest BCUT2D eigenvalue weighted by atomic mass is 10.1. The zero-order valence-electron chi connectivity index (χ0n) is 10.7. The number of amidine groups is 1. The fraction of sp³-hybridized carbons (Fsp3) is 0.133. The summed E-state index contributed by atoms with van der Waals surface area (Å²) in [5.41, 5.74) is 7.37. The topological polar surface area (TPSA) is 49.9 Å². The fourth-order valence-corrected chi connectivity index (χ4v) is 3.03. The van der Waals surface area contributed by atoms with Crippen LogP contribution in [0.15, 0.2) is 42.5 Å². The Morgan fingerprint density at radius 3 is 2.50 bits per heavy atom. The van der Waals surface area contributed by atoms with Gasteiger partial charge in [0.15, 0.2) is 0 Å². The van der Waals surface area contributed by atoms with Crippen molar-refractivity contribution in [2.24, 2.45) is 5.73 Å². The van der Waals surface area contributed by atoms with Gasteiger partial charge >= 0.3 is 0 Å². The van der Waals surface area contributed by atoms with E-state index in [1.54, 1.807) is 23.9 Å². The first-order valence-corrected chi connectivity index (χ1v) is 7.55. The Morgan fingerprint density at radius 2 is 1.85 bits per heavy atom. The largest absolute Gasteiger partial charge is 0.384 e. The van der Waals surface area contributed by atoms with E-state index in [2.05, 4.69) is 0 Å². The number of hydrogen-bond donors (Lipinski definition) is 2. The van der Waals surface area contributed by atoms with Crippen molar-refractivity contribution in [3.8, 4) is 0 Å². The van der Waals surface area contributed by atoms with E-state index in [0.717, 1.165) is 16.3 Å². The molecule has 0 saturated carbocycles. The zero-order chi connectivity index (χ0) is 14.5. The van der Waals surface area contributed by atoms with Crippen molar-refractivity contribution in [3.63, 3.8) is 0 Å². The van der Waals surface area contributed by atoms with Gasteiger partial charge in [0.1, 0.15) is 11.7 Å². The maximum absolute atomic E-state index is 13.8. The molecule has 2 nitrogen and oxygen atoms in total. The number of thioether (sulfide) groups is 1. The number of halogens is 2. The molecule has 5 heteroatoms. The quantitative estimate of drug-likeness (QED) is 0.642. The van der Waals surface area contributed by atoms with E-state index in [-0.39, 0.29) is 11.7 Å². The van der Waals surface area contributed by atoms with Crippen LogP contribution in [-0.4, -0.2) is 5.84 Å². The summed E-state index contributed by atoms with van der Waals surface area (Å²) >= 11 is 7.66. The highest BCUT2D eigenvalue weighted by Crippen LogP contribution is 2.24. The maximum Gasteiger partial charge on any atom is 0.127 e. The van der Waals surface area contributed by atoms with Gasteiger partial charge in [-0.1, -0.05) is 41.9 Å². The molecule has 0 unspecified atom stereocenters. The average Bonchev–Trinajstić information content (AvgIpc) is 2.42. The summed E-state index contributed by atoms with van der Waals surface area (Å²) in [5.74, 6) is 0.826. The predicted molar refractivity (Wildman–Crippen MR) is 83.9 cm³/mol. The first kappa shape index (κ1) is 14.9. The van der Waals surface area contributed by atoms with Crippen molar-refractivity contribution in [1.29, 1.82) is 5.41 Å². The van der Waals surface area contributed by atoms with E-state index >= 15 is 0 Å². The molecule has 0 bridgehead atoms. The van der Waals surface area contributed by atoms with Crippen LogP contribution >= 0.6 is 23.4 Å². The van der Waals surface area contributed by atoms with Crippen LogP contribution < -0.4 is 5.73 Å². The Balaban J connectivity index is 1.98. The first-order valence-electron chi connectivity index (χ1n) is 6.02. The third-order valence-corrected chi connectivity index (χ3v) is 4.24. The fourth-order valence-electron chi connectivity index (χ4n) is 1.72. The molecule has 2 rings (SSSR count). The van der Waals surface area contributed by atoms with Gasteiger partial charge in [0.05, 0.1) is 0 Å². The number of rotatable bonds is 5. The number of nitrogens with one attached hydrogen (secondary N) is 1. The van der Waals surface area contributed by atoms with Gasteiger partial charge in [-0.2, -0.15) is 11.8 Å². The van der Waals surface area contributed by atoms with Crippen LogP contribution in [0.1, 0.15) is 16.7 Å². The van der Waals surface area contributed by atoms with Crippen molar-refractivity contribution < 1.29 is 4.39 Å². The van der Waals surface area contributed by atoms with E-state index < -0.39 is 0 Å². The second-order valence-corrected chi connectivity index (χ2v) is 5.70. The first-order chi connectivity index (χ1) is 9.58. The van der Waals surface area contributed by atoms with Crippen molar-refractivity contribution in [3.05, 3.63) is 70.0 Å². The van der Waals surface area contributed by atoms with E-state index in [1.807, 2.05) is 24.3 Å². The smallest absolute Gasteiger partial charge is 0.127 e. The van der Waals surface area contributed by atoms with Crippen LogP contribution in [0, 0.1) is 11.2 Å². The Labute approximate surface area is 126 Å². The molecule has 2 aromatic carbocycles. The van der Waals surface area contributed by atoms with E-state index in [9.17, 15) is 4.39 Å². The number of nitrogen functional groups attached to an aromatic ring is 1. The molecule has 0 saturated heterocycles. The molecule has 20 heavy (non-hydrogen) atoms. The molecule has 0 amide bonds. The summed E-state index contributed by atoms with van der Waals surface area (Å²) in [5, 5.41) is 8.00. The van der Waals surface area contributed by atoms with Gasteiger partial charge in [0.25, 0.3) is 0 Å². The lowest BCUT2D eigenvalue weighted by Gasteiger charge is -2.06. The molecule has 0 aliphatic carbocycles. The summed E-state index contributed by atoms with van der Waals surface area (Å²) in [6, 6.07) is 12.3. The van der Waals surface area contributed by atoms with Crippen LogP contribution in [0.4, 0.5) is 4.39 Å². The lowest BCUT2D eigenvalue weighted by Crippen LogP contribution is -2.11. The van der Waals surface area contributed by atoms with E-state index in [4.69, 9.17) is 22.7 Å². The number of benzene rings is 2. The highest BCUT2D eigenvalue weighted by Gasteiger charge is 2.06. The number of hydrogen-bond acceptors (Lipinski definition) is 2. The second-order valence-electron chi connectivity index (χ2n) is 4.30. The van der Waals surface area contributed by atoms with Gasteiger partial charge < -0.3 is 5.73 Å². The summed E-state index contributed by atoms with van der Waals surface area (Å²) in [6.45, 7) is 0. The Kier molecular flexibility index (Phi) is 5.04. The van der Waals surface area contributed by atoms with Crippen LogP contribution in [0.3, 0.4) is 0 Å². The molecule has 0 aliphatic heterocycles. The lowest BCUT2D eigenvalue weighted by molar-refractivity contribution is 0.617. The van der Waals surface area contributed by atoms with Gasteiger partial charge in [-0.05, 0) is 23.3 Å². The van der Waals surface area contributed by atoms with Gasteiger partial charge in [-0.3, -0.25) is 5.41 Å². The highest BCUT2D eigenvalue weighted by molar-refractivity contribution is 7.97.